The predicted molar refractivity (Wildman–Crippen MR) is 90.2 cm³/mol. The Morgan fingerprint density at radius 3 is 2.83 bits per heavy atom. The zero-order chi connectivity index (χ0) is 15.6. The molecular formula is C18H22N4O. The summed E-state index contributed by atoms with van der Waals surface area (Å²) in [6.07, 6.45) is 6.89. The van der Waals surface area contributed by atoms with Crippen LogP contribution in [0.25, 0.3) is 22.3 Å². The molecule has 3 aromatic rings. The number of likely N-dealkylation sites (tertiary alicyclic amines) is 1. The number of aromatic nitrogens is 3. The summed E-state index contributed by atoms with van der Waals surface area (Å²) in [4.78, 5) is 7.10. The minimum Gasteiger partial charge on any atom is -0.350 e. The van der Waals surface area contributed by atoms with E-state index in [1.165, 1.54) is 43.3 Å². The fourth-order valence-electron chi connectivity index (χ4n) is 3.42. The Morgan fingerprint density at radius 2 is 1.96 bits per heavy atom. The van der Waals surface area contributed by atoms with Gasteiger partial charge in [0.15, 0.2) is 0 Å². The van der Waals surface area contributed by atoms with E-state index >= 15 is 0 Å². The highest BCUT2D eigenvalue weighted by atomic mass is 16.5. The predicted octanol–water partition coefficient (Wildman–Crippen LogP) is 3.26. The average molecular weight is 310 g/mol. The number of fused-ring (bicyclic) bond motifs is 1. The van der Waals surface area contributed by atoms with Crippen molar-refractivity contribution in [2.45, 2.75) is 25.7 Å². The SMILES string of the molecule is Cn1cc(-c2noc(CCN3CCCCC3)n2)c2ccccc21. The van der Waals surface area contributed by atoms with Crippen LogP contribution >= 0.6 is 0 Å². The van der Waals surface area contributed by atoms with Crippen molar-refractivity contribution in [1.29, 1.82) is 0 Å². The van der Waals surface area contributed by atoms with Gasteiger partial charge in [-0.25, -0.2) is 0 Å². The normalized spacial score (nSPS) is 16.2. The summed E-state index contributed by atoms with van der Waals surface area (Å²) in [6.45, 7) is 3.41. The molecule has 3 heterocycles. The molecule has 0 amide bonds. The van der Waals surface area contributed by atoms with E-state index in [9.17, 15) is 0 Å². The number of rotatable bonds is 4. The first-order valence-electron chi connectivity index (χ1n) is 8.40. The Balaban J connectivity index is 1.52. The lowest BCUT2D eigenvalue weighted by Crippen LogP contribution is -2.31. The zero-order valence-corrected chi connectivity index (χ0v) is 13.5. The van der Waals surface area contributed by atoms with E-state index in [-0.39, 0.29) is 0 Å². The monoisotopic (exact) mass is 310 g/mol. The van der Waals surface area contributed by atoms with Crippen LogP contribution in [0, 0.1) is 0 Å². The number of nitrogens with zero attached hydrogens (tertiary/aromatic N) is 4. The van der Waals surface area contributed by atoms with E-state index in [2.05, 4.69) is 37.9 Å². The minimum absolute atomic E-state index is 0.690. The molecule has 0 N–H and O–H groups in total. The van der Waals surface area contributed by atoms with Gasteiger partial charge in [-0.1, -0.05) is 29.8 Å². The largest absolute Gasteiger partial charge is 0.350 e. The molecule has 5 heteroatoms. The summed E-state index contributed by atoms with van der Waals surface area (Å²) in [7, 11) is 2.04. The summed E-state index contributed by atoms with van der Waals surface area (Å²) < 4.78 is 7.58. The van der Waals surface area contributed by atoms with Crippen LogP contribution in [0.3, 0.4) is 0 Å². The van der Waals surface area contributed by atoms with Crippen LogP contribution in [-0.4, -0.2) is 39.2 Å². The number of hydrogen-bond donors (Lipinski definition) is 0. The topological polar surface area (TPSA) is 47.1 Å². The van der Waals surface area contributed by atoms with Crippen molar-refractivity contribution in [3.63, 3.8) is 0 Å². The molecule has 0 unspecified atom stereocenters. The molecule has 0 radical (unpaired) electrons. The molecule has 0 spiro atoms. The van der Waals surface area contributed by atoms with Crippen LogP contribution in [-0.2, 0) is 13.5 Å². The van der Waals surface area contributed by atoms with E-state index < -0.39 is 0 Å². The first-order valence-corrected chi connectivity index (χ1v) is 8.40. The Hall–Kier alpha value is -2.14. The molecular weight excluding hydrogens is 288 g/mol. The summed E-state index contributed by atoms with van der Waals surface area (Å²) in [5.74, 6) is 1.42. The van der Waals surface area contributed by atoms with Gasteiger partial charge in [-0.3, -0.25) is 0 Å². The summed E-state index contributed by atoms with van der Waals surface area (Å²) in [6, 6.07) is 8.31. The highest BCUT2D eigenvalue weighted by Crippen LogP contribution is 2.28. The number of hydrogen-bond acceptors (Lipinski definition) is 4. The van der Waals surface area contributed by atoms with Crippen molar-refractivity contribution in [1.82, 2.24) is 19.6 Å². The summed E-state index contributed by atoms with van der Waals surface area (Å²) >= 11 is 0. The molecule has 1 saturated heterocycles. The minimum atomic E-state index is 0.690. The quantitative estimate of drug-likeness (QED) is 0.742. The highest BCUT2D eigenvalue weighted by Gasteiger charge is 2.16. The fraction of sp³-hybridized carbons (Fsp3) is 0.444. The van der Waals surface area contributed by atoms with E-state index in [0.29, 0.717) is 5.82 Å². The average Bonchev–Trinajstić information content (AvgIpc) is 3.19. The molecule has 1 aliphatic rings. The van der Waals surface area contributed by atoms with Crippen LogP contribution < -0.4 is 0 Å². The van der Waals surface area contributed by atoms with Gasteiger partial charge in [-0.15, -0.1) is 0 Å². The third-order valence-corrected chi connectivity index (χ3v) is 4.70. The molecule has 1 aromatic carbocycles. The molecule has 120 valence electrons. The lowest BCUT2D eigenvalue weighted by molar-refractivity contribution is 0.223. The van der Waals surface area contributed by atoms with E-state index in [0.717, 1.165) is 24.4 Å². The van der Waals surface area contributed by atoms with Crippen molar-refractivity contribution >= 4 is 10.9 Å². The van der Waals surface area contributed by atoms with Crippen LogP contribution in [0.2, 0.25) is 0 Å². The third kappa shape index (κ3) is 2.88. The molecule has 0 atom stereocenters. The van der Waals surface area contributed by atoms with Crippen molar-refractivity contribution in [2.24, 2.45) is 7.05 Å². The maximum atomic E-state index is 5.47. The molecule has 5 nitrogen and oxygen atoms in total. The van der Waals surface area contributed by atoms with Crippen LogP contribution in [0.5, 0.6) is 0 Å². The number of piperidine rings is 1. The van der Waals surface area contributed by atoms with Crippen molar-refractivity contribution in [3.05, 3.63) is 36.4 Å². The van der Waals surface area contributed by atoms with Gasteiger partial charge in [-0.05, 0) is 32.0 Å². The Bertz CT molecular complexity index is 798. The Labute approximate surface area is 135 Å². The molecule has 0 saturated carbocycles. The van der Waals surface area contributed by atoms with Crippen molar-refractivity contribution in [2.75, 3.05) is 19.6 Å². The summed E-state index contributed by atoms with van der Waals surface area (Å²) in [5.41, 5.74) is 2.22. The maximum absolute atomic E-state index is 5.47. The Kier molecular flexibility index (Phi) is 3.87. The van der Waals surface area contributed by atoms with E-state index in [4.69, 9.17) is 4.52 Å². The van der Waals surface area contributed by atoms with Crippen molar-refractivity contribution < 1.29 is 4.52 Å². The van der Waals surface area contributed by atoms with Crippen molar-refractivity contribution in [3.8, 4) is 11.4 Å². The Morgan fingerprint density at radius 1 is 1.13 bits per heavy atom. The summed E-state index contributed by atoms with van der Waals surface area (Å²) in [5, 5.41) is 5.36. The third-order valence-electron chi connectivity index (χ3n) is 4.70. The first-order chi connectivity index (χ1) is 11.3. The molecule has 1 fully saturated rings. The number of benzene rings is 1. The lowest BCUT2D eigenvalue weighted by atomic mass is 10.1. The number of para-hydroxylation sites is 1. The van der Waals surface area contributed by atoms with Gasteiger partial charge in [0.1, 0.15) is 0 Å². The second-order valence-corrected chi connectivity index (χ2v) is 6.33. The van der Waals surface area contributed by atoms with Gasteiger partial charge in [0.2, 0.25) is 11.7 Å². The smallest absolute Gasteiger partial charge is 0.228 e. The van der Waals surface area contributed by atoms with Gasteiger partial charge in [0, 0.05) is 42.7 Å². The van der Waals surface area contributed by atoms with Gasteiger partial charge in [-0.2, -0.15) is 4.98 Å². The molecule has 23 heavy (non-hydrogen) atoms. The fourth-order valence-corrected chi connectivity index (χ4v) is 3.42. The van der Waals surface area contributed by atoms with E-state index in [1.54, 1.807) is 0 Å². The highest BCUT2D eigenvalue weighted by molar-refractivity contribution is 5.94. The molecule has 1 aliphatic heterocycles. The maximum Gasteiger partial charge on any atom is 0.228 e. The first kappa shape index (κ1) is 14.5. The standard InChI is InChI=1S/C18H22N4O/c1-21-13-15(14-7-3-4-8-16(14)21)18-19-17(23-20-18)9-12-22-10-5-2-6-11-22/h3-4,7-8,13H,2,5-6,9-12H2,1H3. The second kappa shape index (κ2) is 6.16. The van der Waals surface area contributed by atoms with Crippen LogP contribution in [0.1, 0.15) is 25.2 Å². The molecule has 2 aromatic heterocycles. The molecule has 0 aliphatic carbocycles. The van der Waals surface area contributed by atoms with Crippen LogP contribution in [0.4, 0.5) is 0 Å². The van der Waals surface area contributed by atoms with Crippen LogP contribution in [0.15, 0.2) is 35.0 Å². The lowest BCUT2D eigenvalue weighted by Gasteiger charge is -2.25. The second-order valence-electron chi connectivity index (χ2n) is 6.33. The van der Waals surface area contributed by atoms with Gasteiger partial charge >= 0.3 is 0 Å². The molecule has 4 rings (SSSR count). The number of aryl methyl sites for hydroxylation is 1. The molecule has 0 bridgehead atoms. The zero-order valence-electron chi connectivity index (χ0n) is 13.5. The van der Waals surface area contributed by atoms with Gasteiger partial charge in [0.25, 0.3) is 0 Å². The van der Waals surface area contributed by atoms with E-state index in [1.807, 2.05) is 19.2 Å². The van der Waals surface area contributed by atoms with Gasteiger partial charge in [0.05, 0.1) is 0 Å². The van der Waals surface area contributed by atoms with Gasteiger partial charge < -0.3 is 14.0 Å².